The lowest BCUT2D eigenvalue weighted by Gasteiger charge is -2.28. The molecular weight excluding hydrogens is 264 g/mol. The van der Waals surface area contributed by atoms with E-state index in [1.54, 1.807) is 0 Å². The fraction of sp³-hybridized carbons (Fsp3) is 0.786. The summed E-state index contributed by atoms with van der Waals surface area (Å²) < 4.78 is 14.9. The third-order valence-corrected chi connectivity index (χ3v) is 2.98. The lowest BCUT2D eigenvalue weighted by molar-refractivity contribution is -0.167. The summed E-state index contributed by atoms with van der Waals surface area (Å²) in [6.45, 7) is 8.12. The minimum absolute atomic E-state index is 0.113. The van der Waals surface area contributed by atoms with Crippen molar-refractivity contribution in [3.8, 4) is 0 Å². The van der Waals surface area contributed by atoms with Gasteiger partial charge < -0.3 is 14.2 Å². The third kappa shape index (κ3) is 7.76. The van der Waals surface area contributed by atoms with Crippen LogP contribution in [0.25, 0.3) is 0 Å². The van der Waals surface area contributed by atoms with Crippen LogP contribution in [0.3, 0.4) is 0 Å². The van der Waals surface area contributed by atoms with Gasteiger partial charge >= 0.3 is 17.9 Å². The van der Waals surface area contributed by atoms with Crippen molar-refractivity contribution in [3.63, 3.8) is 0 Å². The van der Waals surface area contributed by atoms with Crippen LogP contribution >= 0.6 is 0 Å². The molecule has 6 heteroatoms. The van der Waals surface area contributed by atoms with Crippen molar-refractivity contribution in [1.82, 2.24) is 0 Å². The second-order valence-corrected chi connectivity index (χ2v) is 4.90. The number of carbonyl (C=O) groups excluding carboxylic acids is 3. The maximum Gasteiger partial charge on any atom is 0.344 e. The minimum Gasteiger partial charge on any atom is -0.465 e. The monoisotopic (exact) mass is 288 g/mol. The van der Waals surface area contributed by atoms with Crippen molar-refractivity contribution in [3.05, 3.63) is 0 Å². The van der Waals surface area contributed by atoms with E-state index in [1.165, 1.54) is 13.8 Å². The zero-order valence-corrected chi connectivity index (χ0v) is 12.8. The summed E-state index contributed by atoms with van der Waals surface area (Å²) in [7, 11) is 0. The molecule has 0 spiro atoms. The molecule has 0 aromatic carbocycles. The molecule has 0 aromatic rings. The summed E-state index contributed by atoms with van der Waals surface area (Å²) in [5, 5.41) is 0. The predicted octanol–water partition coefficient (Wildman–Crippen LogP) is 1.71. The molecule has 0 fully saturated rings. The summed E-state index contributed by atoms with van der Waals surface area (Å²) in [6.07, 6.45) is 0.429. The van der Waals surface area contributed by atoms with E-state index in [0.717, 1.165) is 6.42 Å². The number of ether oxygens (including phenoxy) is 3. The Labute approximate surface area is 119 Å². The average molecular weight is 288 g/mol. The van der Waals surface area contributed by atoms with Crippen LogP contribution in [0.1, 0.15) is 41.0 Å². The number of esters is 3. The van der Waals surface area contributed by atoms with Gasteiger partial charge in [-0.25, -0.2) is 4.79 Å². The molecule has 0 aromatic heterocycles. The number of carbonyl (C=O) groups is 3. The van der Waals surface area contributed by atoms with Gasteiger partial charge in [-0.15, -0.1) is 0 Å². The van der Waals surface area contributed by atoms with E-state index in [9.17, 15) is 14.4 Å². The molecule has 116 valence electrons. The first-order chi connectivity index (χ1) is 9.27. The van der Waals surface area contributed by atoms with Gasteiger partial charge in [0.25, 0.3) is 0 Å². The van der Waals surface area contributed by atoms with Gasteiger partial charge in [0.05, 0.1) is 6.61 Å². The highest BCUT2D eigenvalue weighted by molar-refractivity contribution is 5.75. The van der Waals surface area contributed by atoms with E-state index in [-0.39, 0.29) is 30.5 Å². The Morgan fingerprint density at radius 2 is 1.50 bits per heavy atom. The van der Waals surface area contributed by atoms with Gasteiger partial charge in [0.1, 0.15) is 6.10 Å². The first kappa shape index (κ1) is 18.4. The first-order valence-electron chi connectivity index (χ1n) is 6.74. The quantitative estimate of drug-likeness (QED) is 0.499. The standard InChI is InChI=1S/C14H24O6/c1-6-9(2)14(10(3)7-18-11(4)15)20-13(17)8-19-12(5)16/h9-10,14H,6-8H2,1-5H3/t9-,10-,14-/m0/s1. The smallest absolute Gasteiger partial charge is 0.344 e. The van der Waals surface area contributed by atoms with Crippen LogP contribution in [-0.2, 0) is 28.6 Å². The van der Waals surface area contributed by atoms with E-state index in [0.29, 0.717) is 0 Å². The van der Waals surface area contributed by atoms with Gasteiger partial charge in [-0.3, -0.25) is 9.59 Å². The Kier molecular flexibility index (Phi) is 8.59. The molecule has 0 aliphatic carbocycles. The number of hydrogen-bond donors (Lipinski definition) is 0. The van der Waals surface area contributed by atoms with E-state index in [4.69, 9.17) is 9.47 Å². The van der Waals surface area contributed by atoms with Crippen molar-refractivity contribution in [2.75, 3.05) is 13.2 Å². The van der Waals surface area contributed by atoms with Crippen LogP contribution in [0.5, 0.6) is 0 Å². The minimum atomic E-state index is -0.597. The summed E-state index contributed by atoms with van der Waals surface area (Å²) in [5.41, 5.74) is 0. The molecule has 6 nitrogen and oxygen atoms in total. The highest BCUT2D eigenvalue weighted by atomic mass is 16.6. The van der Waals surface area contributed by atoms with Crippen LogP contribution in [-0.4, -0.2) is 37.2 Å². The molecule has 0 heterocycles. The Morgan fingerprint density at radius 1 is 0.950 bits per heavy atom. The molecule has 0 amide bonds. The Morgan fingerprint density at radius 3 is 1.95 bits per heavy atom. The molecule has 0 aliphatic rings. The van der Waals surface area contributed by atoms with E-state index in [2.05, 4.69) is 4.74 Å². The van der Waals surface area contributed by atoms with Crippen molar-refractivity contribution in [2.45, 2.75) is 47.1 Å². The van der Waals surface area contributed by atoms with E-state index >= 15 is 0 Å². The van der Waals surface area contributed by atoms with Gasteiger partial charge in [0, 0.05) is 19.8 Å². The van der Waals surface area contributed by atoms with Crippen molar-refractivity contribution < 1.29 is 28.6 Å². The number of rotatable bonds is 8. The summed E-state index contributed by atoms with van der Waals surface area (Å²) in [4.78, 5) is 33.1. The molecule has 3 atom stereocenters. The predicted molar refractivity (Wildman–Crippen MR) is 71.8 cm³/mol. The number of hydrogen-bond acceptors (Lipinski definition) is 6. The van der Waals surface area contributed by atoms with Crippen molar-refractivity contribution in [1.29, 1.82) is 0 Å². The molecule has 0 N–H and O–H groups in total. The van der Waals surface area contributed by atoms with Gasteiger partial charge in [0.15, 0.2) is 6.61 Å². The first-order valence-corrected chi connectivity index (χ1v) is 6.74. The molecule has 0 rings (SSSR count). The van der Waals surface area contributed by atoms with Crippen molar-refractivity contribution >= 4 is 17.9 Å². The topological polar surface area (TPSA) is 78.9 Å². The molecular formula is C14H24O6. The summed E-state index contributed by atoms with van der Waals surface area (Å²) in [6, 6.07) is 0. The Hall–Kier alpha value is -1.59. The molecule has 20 heavy (non-hydrogen) atoms. The van der Waals surface area contributed by atoms with Gasteiger partial charge in [-0.2, -0.15) is 0 Å². The van der Waals surface area contributed by atoms with Crippen LogP contribution in [0.4, 0.5) is 0 Å². The summed E-state index contributed by atoms with van der Waals surface area (Å²) in [5.74, 6) is -1.52. The van der Waals surface area contributed by atoms with E-state index < -0.39 is 18.5 Å². The maximum atomic E-state index is 11.6. The molecule has 0 saturated carbocycles. The molecule has 0 aliphatic heterocycles. The summed E-state index contributed by atoms with van der Waals surface area (Å²) >= 11 is 0. The van der Waals surface area contributed by atoms with Gasteiger partial charge in [0.2, 0.25) is 0 Å². The second kappa shape index (κ2) is 9.34. The molecule has 0 bridgehead atoms. The molecule has 0 radical (unpaired) electrons. The van der Waals surface area contributed by atoms with Crippen LogP contribution in [0, 0.1) is 11.8 Å². The fourth-order valence-corrected chi connectivity index (χ4v) is 1.72. The average Bonchev–Trinajstić information content (AvgIpc) is 2.38. The second-order valence-electron chi connectivity index (χ2n) is 4.90. The van der Waals surface area contributed by atoms with E-state index in [1.807, 2.05) is 20.8 Å². The highest BCUT2D eigenvalue weighted by Crippen LogP contribution is 2.20. The van der Waals surface area contributed by atoms with Crippen LogP contribution in [0.15, 0.2) is 0 Å². The third-order valence-electron chi connectivity index (χ3n) is 2.98. The highest BCUT2D eigenvalue weighted by Gasteiger charge is 2.27. The Bertz CT molecular complexity index is 339. The van der Waals surface area contributed by atoms with Gasteiger partial charge in [-0.05, 0) is 5.92 Å². The lowest BCUT2D eigenvalue weighted by atomic mass is 9.92. The van der Waals surface area contributed by atoms with Crippen LogP contribution < -0.4 is 0 Å². The largest absolute Gasteiger partial charge is 0.465 e. The van der Waals surface area contributed by atoms with Crippen molar-refractivity contribution in [2.24, 2.45) is 11.8 Å². The molecule has 0 unspecified atom stereocenters. The normalized spacial score (nSPS) is 14.8. The fourth-order valence-electron chi connectivity index (χ4n) is 1.72. The Balaban J connectivity index is 4.51. The maximum absolute atomic E-state index is 11.6. The molecule has 0 saturated heterocycles. The zero-order valence-electron chi connectivity index (χ0n) is 12.8. The van der Waals surface area contributed by atoms with Crippen LogP contribution in [0.2, 0.25) is 0 Å². The SMILES string of the molecule is CC[C@H](C)[C@H](OC(=O)COC(C)=O)[C@@H](C)COC(C)=O. The zero-order chi connectivity index (χ0) is 15.7. The van der Waals surface area contributed by atoms with Gasteiger partial charge in [-0.1, -0.05) is 27.2 Å². The lowest BCUT2D eigenvalue weighted by Crippen LogP contribution is -2.35.